The van der Waals surface area contributed by atoms with Gasteiger partial charge in [-0.15, -0.1) is 0 Å². The molecule has 0 spiro atoms. The van der Waals surface area contributed by atoms with Gasteiger partial charge in [-0.3, -0.25) is 5.32 Å². The lowest BCUT2D eigenvalue weighted by molar-refractivity contribution is -0.150. The zero-order valence-electron chi connectivity index (χ0n) is 9.80. The van der Waals surface area contributed by atoms with Gasteiger partial charge in [0.15, 0.2) is 0 Å². The minimum atomic E-state index is -0.872. The van der Waals surface area contributed by atoms with Crippen LogP contribution in [0.2, 0.25) is 0 Å². The predicted molar refractivity (Wildman–Crippen MR) is 62.6 cm³/mol. The Morgan fingerprint density at radius 2 is 1.94 bits per heavy atom. The van der Waals surface area contributed by atoms with Gasteiger partial charge in [0.25, 0.3) is 0 Å². The molecule has 1 aromatic carbocycles. The Balaban J connectivity index is 2.51. The van der Waals surface area contributed by atoms with Gasteiger partial charge in [-0.1, -0.05) is 25.1 Å². The van der Waals surface area contributed by atoms with Crippen LogP contribution in [0, 0.1) is 0 Å². The molecule has 1 rings (SSSR count). The second-order valence-electron chi connectivity index (χ2n) is 3.32. The molecule has 0 aliphatic rings. The van der Waals surface area contributed by atoms with Gasteiger partial charge in [-0.05, 0) is 18.6 Å². The zero-order valence-corrected chi connectivity index (χ0v) is 9.80. The summed E-state index contributed by atoms with van der Waals surface area (Å²) in [5, 5.41) is 2.52. The topological polar surface area (TPSA) is 64.6 Å². The van der Waals surface area contributed by atoms with Crippen LogP contribution in [0.25, 0.3) is 0 Å². The Hall–Kier alpha value is -2.04. The first-order chi connectivity index (χ1) is 8.17. The first-order valence-corrected chi connectivity index (χ1v) is 5.28. The SMILES string of the molecule is CCC(OC(=O)Nc1ccccc1)C(=O)OC. The molecule has 1 aromatic rings. The lowest BCUT2D eigenvalue weighted by Gasteiger charge is -2.14. The van der Waals surface area contributed by atoms with E-state index in [0.717, 1.165) is 0 Å². The molecule has 0 bridgehead atoms. The number of rotatable bonds is 4. The maximum absolute atomic E-state index is 11.5. The molecule has 0 aromatic heterocycles. The fourth-order valence-corrected chi connectivity index (χ4v) is 1.23. The molecule has 0 heterocycles. The summed E-state index contributed by atoms with van der Waals surface area (Å²) in [6, 6.07) is 8.85. The standard InChI is InChI=1S/C12H15NO4/c1-3-10(11(14)16-2)17-12(15)13-9-7-5-4-6-8-9/h4-8,10H,3H2,1-2H3,(H,13,15). The first kappa shape index (κ1) is 13.0. The van der Waals surface area contributed by atoms with Crippen LogP contribution in [-0.2, 0) is 14.3 Å². The number of hydrogen-bond acceptors (Lipinski definition) is 4. The molecule has 0 aliphatic heterocycles. The second-order valence-corrected chi connectivity index (χ2v) is 3.32. The third-order valence-electron chi connectivity index (χ3n) is 2.10. The van der Waals surface area contributed by atoms with Gasteiger partial charge in [0, 0.05) is 5.69 Å². The van der Waals surface area contributed by atoms with Crippen LogP contribution in [0.5, 0.6) is 0 Å². The number of amides is 1. The molecule has 92 valence electrons. The van der Waals surface area contributed by atoms with Crippen molar-refractivity contribution in [3.05, 3.63) is 30.3 Å². The van der Waals surface area contributed by atoms with Gasteiger partial charge in [0.2, 0.25) is 6.10 Å². The van der Waals surface area contributed by atoms with Gasteiger partial charge in [-0.25, -0.2) is 9.59 Å². The zero-order chi connectivity index (χ0) is 12.7. The number of nitrogens with one attached hydrogen (secondary N) is 1. The maximum atomic E-state index is 11.5. The molecule has 0 saturated carbocycles. The van der Waals surface area contributed by atoms with Gasteiger partial charge in [0.1, 0.15) is 0 Å². The van der Waals surface area contributed by atoms with E-state index in [4.69, 9.17) is 4.74 Å². The summed E-state index contributed by atoms with van der Waals surface area (Å²) < 4.78 is 9.44. The lowest BCUT2D eigenvalue weighted by atomic mass is 10.3. The minimum absolute atomic E-state index is 0.370. The maximum Gasteiger partial charge on any atom is 0.412 e. The molecule has 5 heteroatoms. The van der Waals surface area contributed by atoms with Crippen LogP contribution >= 0.6 is 0 Å². The summed E-state index contributed by atoms with van der Waals surface area (Å²) in [6.07, 6.45) is -1.17. The summed E-state index contributed by atoms with van der Waals surface area (Å²) in [5.41, 5.74) is 0.609. The Kier molecular flexibility index (Phi) is 5.00. The Labute approximate surface area is 99.7 Å². The van der Waals surface area contributed by atoms with Gasteiger partial charge >= 0.3 is 12.1 Å². The van der Waals surface area contributed by atoms with E-state index in [9.17, 15) is 9.59 Å². The molecule has 0 aliphatic carbocycles. The number of esters is 1. The molecule has 1 unspecified atom stereocenters. The smallest absolute Gasteiger partial charge is 0.412 e. The molecular formula is C12H15NO4. The number of carbonyl (C=O) groups excluding carboxylic acids is 2. The van der Waals surface area contributed by atoms with Crippen LogP contribution in [-0.4, -0.2) is 25.3 Å². The van der Waals surface area contributed by atoms with Crippen molar-refractivity contribution in [1.29, 1.82) is 0 Å². The third-order valence-corrected chi connectivity index (χ3v) is 2.10. The second kappa shape index (κ2) is 6.52. The highest BCUT2D eigenvalue weighted by Gasteiger charge is 2.21. The number of benzene rings is 1. The van der Waals surface area contributed by atoms with Crippen molar-refractivity contribution in [1.82, 2.24) is 0 Å². The summed E-state index contributed by atoms with van der Waals surface area (Å²) >= 11 is 0. The average Bonchev–Trinajstić information content (AvgIpc) is 2.36. The van der Waals surface area contributed by atoms with Crippen molar-refractivity contribution in [2.45, 2.75) is 19.4 Å². The van der Waals surface area contributed by atoms with Crippen molar-refractivity contribution in [2.24, 2.45) is 0 Å². The Bertz CT molecular complexity index is 377. The van der Waals surface area contributed by atoms with Crippen molar-refractivity contribution < 1.29 is 19.1 Å². The Morgan fingerprint density at radius 3 is 2.47 bits per heavy atom. The van der Waals surface area contributed by atoms with E-state index >= 15 is 0 Å². The molecule has 1 atom stereocenters. The van der Waals surface area contributed by atoms with E-state index < -0.39 is 18.2 Å². The molecule has 1 amide bonds. The van der Waals surface area contributed by atoms with E-state index in [2.05, 4.69) is 10.1 Å². The number of methoxy groups -OCH3 is 1. The Morgan fingerprint density at radius 1 is 1.29 bits per heavy atom. The number of hydrogen-bond donors (Lipinski definition) is 1. The largest absolute Gasteiger partial charge is 0.466 e. The summed E-state index contributed by atoms with van der Waals surface area (Å²) in [5.74, 6) is -0.560. The van der Waals surface area contributed by atoms with Crippen molar-refractivity contribution in [3.8, 4) is 0 Å². The van der Waals surface area contributed by atoms with E-state index in [1.165, 1.54) is 7.11 Å². The molecule has 5 nitrogen and oxygen atoms in total. The van der Waals surface area contributed by atoms with E-state index in [0.29, 0.717) is 12.1 Å². The molecule has 0 fully saturated rings. The highest BCUT2D eigenvalue weighted by atomic mass is 16.6. The third kappa shape index (κ3) is 4.14. The normalized spacial score (nSPS) is 11.4. The molecule has 1 N–H and O–H groups in total. The molecule has 0 saturated heterocycles. The average molecular weight is 237 g/mol. The van der Waals surface area contributed by atoms with Crippen molar-refractivity contribution in [2.75, 3.05) is 12.4 Å². The highest BCUT2D eigenvalue weighted by molar-refractivity contribution is 5.87. The van der Waals surface area contributed by atoms with Crippen LogP contribution < -0.4 is 5.32 Å². The lowest BCUT2D eigenvalue weighted by Crippen LogP contribution is -2.29. The number of ether oxygens (including phenoxy) is 2. The molecule has 0 radical (unpaired) electrons. The fourth-order valence-electron chi connectivity index (χ4n) is 1.23. The van der Waals surface area contributed by atoms with Gasteiger partial charge in [0.05, 0.1) is 7.11 Å². The van der Waals surface area contributed by atoms with Crippen molar-refractivity contribution in [3.63, 3.8) is 0 Å². The number of carbonyl (C=O) groups is 2. The highest BCUT2D eigenvalue weighted by Crippen LogP contribution is 2.07. The quantitative estimate of drug-likeness (QED) is 0.815. The predicted octanol–water partition coefficient (Wildman–Crippen LogP) is 2.19. The van der Waals surface area contributed by atoms with E-state index in [1.807, 2.05) is 6.07 Å². The van der Waals surface area contributed by atoms with Crippen LogP contribution in [0.3, 0.4) is 0 Å². The van der Waals surface area contributed by atoms with E-state index in [-0.39, 0.29) is 0 Å². The van der Waals surface area contributed by atoms with Gasteiger partial charge < -0.3 is 9.47 Å². The van der Waals surface area contributed by atoms with Gasteiger partial charge in [-0.2, -0.15) is 0 Å². The molecular weight excluding hydrogens is 222 g/mol. The number of para-hydroxylation sites is 1. The van der Waals surface area contributed by atoms with Crippen LogP contribution in [0.4, 0.5) is 10.5 Å². The minimum Gasteiger partial charge on any atom is -0.466 e. The summed E-state index contributed by atoms with van der Waals surface area (Å²) in [6.45, 7) is 1.73. The first-order valence-electron chi connectivity index (χ1n) is 5.28. The van der Waals surface area contributed by atoms with Crippen molar-refractivity contribution >= 4 is 17.7 Å². The van der Waals surface area contributed by atoms with Crippen LogP contribution in [0.15, 0.2) is 30.3 Å². The van der Waals surface area contributed by atoms with E-state index in [1.54, 1.807) is 31.2 Å². The fraction of sp³-hybridized carbons (Fsp3) is 0.333. The summed E-state index contributed by atoms with van der Waals surface area (Å²) in [7, 11) is 1.25. The van der Waals surface area contributed by atoms with Crippen LogP contribution in [0.1, 0.15) is 13.3 Å². The monoisotopic (exact) mass is 237 g/mol. The number of anilines is 1. The summed E-state index contributed by atoms with van der Waals surface area (Å²) in [4.78, 5) is 22.7. The molecule has 17 heavy (non-hydrogen) atoms.